The highest BCUT2D eigenvalue weighted by Crippen LogP contribution is 2.31. The maximum Gasteiger partial charge on any atom is 0.416 e. The smallest absolute Gasteiger partial charge is 0.393 e. The fraction of sp³-hybridized carbons (Fsp3) is 0.632. The van der Waals surface area contributed by atoms with Crippen molar-refractivity contribution in [3.05, 3.63) is 29.8 Å². The van der Waals surface area contributed by atoms with Gasteiger partial charge < -0.3 is 4.84 Å². The maximum absolute atomic E-state index is 12.9. The molecule has 0 spiro atoms. The Morgan fingerprint density at radius 3 is 2.50 bits per heavy atom. The number of hydrogen-bond donors (Lipinski definition) is 0. The second kappa shape index (κ2) is 9.73. The largest absolute Gasteiger partial charge is 0.416 e. The van der Waals surface area contributed by atoms with Crippen molar-refractivity contribution < 1.29 is 26.4 Å². The zero-order valence-electron chi connectivity index (χ0n) is 16.2. The molecule has 1 heterocycles. The van der Waals surface area contributed by atoms with Crippen molar-refractivity contribution in [2.75, 3.05) is 13.1 Å². The predicted octanol–water partition coefficient (Wildman–Crippen LogP) is 4.83. The van der Waals surface area contributed by atoms with Gasteiger partial charge in [-0.2, -0.15) is 17.5 Å². The summed E-state index contributed by atoms with van der Waals surface area (Å²) in [6.07, 6.45) is 0.500. The molecule has 1 aliphatic heterocycles. The number of oxime groups is 1. The third kappa shape index (κ3) is 6.20. The van der Waals surface area contributed by atoms with Crippen molar-refractivity contribution in [2.45, 2.75) is 69.5 Å². The van der Waals surface area contributed by atoms with Gasteiger partial charge in [0.2, 0.25) is 10.0 Å². The molecule has 158 valence electrons. The van der Waals surface area contributed by atoms with Crippen LogP contribution >= 0.6 is 0 Å². The van der Waals surface area contributed by atoms with Crippen LogP contribution in [0.25, 0.3) is 0 Å². The van der Waals surface area contributed by atoms with Crippen LogP contribution in [-0.4, -0.2) is 37.6 Å². The van der Waals surface area contributed by atoms with Crippen LogP contribution in [0.4, 0.5) is 13.2 Å². The van der Waals surface area contributed by atoms with Crippen LogP contribution in [0.2, 0.25) is 0 Å². The standard InChI is InChI=1S/C19H27F3N2O3S/c1-3-4-5-7-15(2)27-23-17-10-12-24(13-11-17)28(25,26)18-9-6-8-16(14-18)19(20,21)22/h6,8-9,14-15H,3-5,7,10-13H2,1-2H3/t15-/m1/s1. The SMILES string of the molecule is CCCCC[C@@H](C)ON=C1CCN(S(=O)(=O)c2cccc(C(F)(F)F)c2)CC1. The Bertz CT molecular complexity index is 769. The molecular weight excluding hydrogens is 393 g/mol. The highest BCUT2D eigenvalue weighted by atomic mass is 32.2. The summed E-state index contributed by atoms with van der Waals surface area (Å²) in [5, 5.41) is 4.14. The second-order valence-electron chi connectivity index (χ2n) is 7.00. The number of rotatable bonds is 8. The first-order valence-electron chi connectivity index (χ1n) is 9.53. The van der Waals surface area contributed by atoms with Crippen LogP contribution in [0.1, 0.15) is 57.9 Å². The fourth-order valence-corrected chi connectivity index (χ4v) is 4.44. The van der Waals surface area contributed by atoms with Crippen molar-refractivity contribution in [1.82, 2.24) is 4.31 Å². The summed E-state index contributed by atoms with van der Waals surface area (Å²) in [4.78, 5) is 5.14. The number of benzene rings is 1. The van der Waals surface area contributed by atoms with E-state index in [1.807, 2.05) is 6.92 Å². The van der Waals surface area contributed by atoms with Crippen molar-refractivity contribution >= 4 is 15.7 Å². The molecule has 0 amide bonds. The molecule has 0 N–H and O–H groups in total. The molecule has 2 rings (SSSR count). The van der Waals surface area contributed by atoms with Gasteiger partial charge in [0.25, 0.3) is 0 Å². The van der Waals surface area contributed by atoms with Crippen molar-refractivity contribution in [1.29, 1.82) is 0 Å². The number of alkyl halides is 3. The minimum absolute atomic E-state index is 0.00548. The molecule has 1 fully saturated rings. The average Bonchev–Trinajstić information content (AvgIpc) is 2.66. The lowest BCUT2D eigenvalue weighted by molar-refractivity contribution is -0.137. The molecule has 1 saturated heterocycles. The van der Waals surface area contributed by atoms with Gasteiger partial charge in [0.1, 0.15) is 6.10 Å². The molecule has 5 nitrogen and oxygen atoms in total. The van der Waals surface area contributed by atoms with Crippen molar-refractivity contribution in [3.8, 4) is 0 Å². The number of unbranched alkanes of at least 4 members (excludes halogenated alkanes) is 2. The number of halogens is 3. The van der Waals surface area contributed by atoms with Crippen LogP contribution in [0, 0.1) is 0 Å². The molecule has 1 aromatic rings. The molecule has 0 bridgehead atoms. The summed E-state index contributed by atoms with van der Waals surface area (Å²) in [6.45, 7) is 4.43. The van der Waals surface area contributed by atoms with Gasteiger partial charge in [0.05, 0.1) is 16.2 Å². The molecule has 0 unspecified atom stereocenters. The van der Waals surface area contributed by atoms with E-state index in [0.29, 0.717) is 18.9 Å². The van der Waals surface area contributed by atoms with Crippen LogP contribution in [0.5, 0.6) is 0 Å². The van der Waals surface area contributed by atoms with Gasteiger partial charge in [-0.3, -0.25) is 0 Å². The molecular formula is C19H27F3N2O3S. The average molecular weight is 420 g/mol. The molecule has 9 heteroatoms. The monoisotopic (exact) mass is 420 g/mol. The van der Waals surface area contributed by atoms with Gasteiger partial charge in [-0.1, -0.05) is 31.0 Å². The van der Waals surface area contributed by atoms with E-state index in [-0.39, 0.29) is 24.1 Å². The molecule has 1 aliphatic rings. The Kier molecular flexibility index (Phi) is 7.88. The van der Waals surface area contributed by atoms with Gasteiger partial charge in [-0.05, 0) is 38.0 Å². The molecule has 0 aliphatic carbocycles. The van der Waals surface area contributed by atoms with Crippen molar-refractivity contribution in [2.24, 2.45) is 5.16 Å². The lowest BCUT2D eigenvalue weighted by atomic mass is 10.1. The quantitative estimate of drug-likeness (QED) is 0.447. The minimum atomic E-state index is -4.58. The summed E-state index contributed by atoms with van der Waals surface area (Å²) in [5.74, 6) is 0. The maximum atomic E-state index is 12.9. The zero-order chi connectivity index (χ0) is 20.8. The van der Waals surface area contributed by atoms with E-state index < -0.39 is 21.8 Å². The number of hydrogen-bond acceptors (Lipinski definition) is 4. The summed E-state index contributed by atoms with van der Waals surface area (Å²) >= 11 is 0. The number of piperidine rings is 1. The first kappa shape index (κ1) is 22.7. The van der Waals surface area contributed by atoms with Crippen LogP contribution in [-0.2, 0) is 21.0 Å². The minimum Gasteiger partial charge on any atom is -0.393 e. The highest BCUT2D eigenvalue weighted by Gasteiger charge is 2.33. The topological polar surface area (TPSA) is 59.0 Å². The van der Waals surface area contributed by atoms with Crippen LogP contribution in [0.3, 0.4) is 0 Å². The molecule has 28 heavy (non-hydrogen) atoms. The summed E-state index contributed by atoms with van der Waals surface area (Å²) in [6, 6.07) is 3.84. The molecule has 0 radical (unpaired) electrons. The Balaban J connectivity index is 1.96. The predicted molar refractivity (Wildman–Crippen MR) is 102 cm³/mol. The number of sulfonamides is 1. The van der Waals surface area contributed by atoms with Gasteiger partial charge >= 0.3 is 6.18 Å². The fourth-order valence-electron chi connectivity index (χ4n) is 2.96. The van der Waals surface area contributed by atoms with Gasteiger partial charge in [-0.25, -0.2) is 8.42 Å². The lowest BCUT2D eigenvalue weighted by Gasteiger charge is -2.27. The normalized spacial score (nSPS) is 17.4. The molecule has 0 aromatic heterocycles. The van der Waals surface area contributed by atoms with Gasteiger partial charge in [0.15, 0.2) is 0 Å². The van der Waals surface area contributed by atoms with E-state index in [9.17, 15) is 21.6 Å². The van der Waals surface area contributed by atoms with Crippen LogP contribution < -0.4 is 0 Å². The first-order chi connectivity index (χ1) is 13.1. The third-order valence-corrected chi connectivity index (χ3v) is 6.57. The van der Waals surface area contributed by atoms with E-state index >= 15 is 0 Å². The summed E-state index contributed by atoms with van der Waals surface area (Å²) in [7, 11) is -3.98. The molecule has 1 aromatic carbocycles. The lowest BCUT2D eigenvalue weighted by Crippen LogP contribution is -2.38. The third-order valence-electron chi connectivity index (χ3n) is 4.67. The van der Waals surface area contributed by atoms with E-state index in [0.717, 1.165) is 43.5 Å². The van der Waals surface area contributed by atoms with Gasteiger partial charge in [-0.15, -0.1) is 0 Å². The number of nitrogens with zero attached hydrogens (tertiary/aromatic N) is 2. The zero-order valence-corrected chi connectivity index (χ0v) is 17.0. The van der Waals surface area contributed by atoms with E-state index in [2.05, 4.69) is 12.1 Å². The van der Waals surface area contributed by atoms with Gasteiger partial charge in [0, 0.05) is 25.9 Å². The Morgan fingerprint density at radius 2 is 1.89 bits per heavy atom. The summed E-state index contributed by atoms with van der Waals surface area (Å²) < 4.78 is 65.1. The Labute approximate surface area is 164 Å². The van der Waals surface area contributed by atoms with E-state index in [1.54, 1.807) is 0 Å². The van der Waals surface area contributed by atoms with E-state index in [4.69, 9.17) is 4.84 Å². The molecule has 1 atom stereocenters. The highest BCUT2D eigenvalue weighted by molar-refractivity contribution is 7.89. The Morgan fingerprint density at radius 1 is 1.21 bits per heavy atom. The second-order valence-corrected chi connectivity index (χ2v) is 8.94. The van der Waals surface area contributed by atoms with Crippen LogP contribution in [0.15, 0.2) is 34.3 Å². The summed E-state index contributed by atoms with van der Waals surface area (Å²) in [5.41, 5.74) is -0.198. The Hall–Kier alpha value is -1.61. The molecule has 0 saturated carbocycles. The van der Waals surface area contributed by atoms with E-state index in [1.165, 1.54) is 10.4 Å². The first-order valence-corrected chi connectivity index (χ1v) is 11.0. The van der Waals surface area contributed by atoms with Crippen molar-refractivity contribution in [3.63, 3.8) is 0 Å².